The Morgan fingerprint density at radius 3 is 2.39 bits per heavy atom. The van der Waals surface area contributed by atoms with Crippen molar-refractivity contribution in [1.29, 1.82) is 0 Å². The number of thioether (sulfide) groups is 1. The molecule has 0 spiro atoms. The lowest BCUT2D eigenvalue weighted by atomic mass is 10.3. The summed E-state index contributed by atoms with van der Waals surface area (Å²) in [6.07, 6.45) is 0.351. The fourth-order valence-corrected chi connectivity index (χ4v) is 3.69. The maximum atomic E-state index is 11.7. The fourth-order valence-electron chi connectivity index (χ4n) is 1.35. The van der Waals surface area contributed by atoms with E-state index < -0.39 is 10.1 Å². The lowest BCUT2D eigenvalue weighted by molar-refractivity contribution is -0.130. The van der Waals surface area contributed by atoms with Crippen molar-refractivity contribution in [3.05, 3.63) is 0 Å². The van der Waals surface area contributed by atoms with E-state index in [0.29, 0.717) is 31.0 Å². The molecule has 8 heteroatoms. The van der Waals surface area contributed by atoms with Gasteiger partial charge < -0.3 is 4.90 Å². The fraction of sp³-hybridized carbons (Fsp3) is 0.900. The molecule has 0 aromatic carbocycles. The third kappa shape index (κ3) is 9.07. The van der Waals surface area contributed by atoms with Gasteiger partial charge in [0, 0.05) is 36.3 Å². The number of rotatable bonds is 9. The quantitative estimate of drug-likeness (QED) is 0.379. The molecule has 0 saturated carbocycles. The Hall–Kier alpha value is 0.0800. The minimum atomic E-state index is -3.89. The first-order chi connectivity index (χ1) is 8.30. The van der Waals surface area contributed by atoms with E-state index in [1.807, 2.05) is 13.8 Å². The molecule has 0 aliphatic carbocycles. The molecule has 0 bridgehead atoms. The summed E-state index contributed by atoms with van der Waals surface area (Å²) in [7, 11) is -3.89. The van der Waals surface area contributed by atoms with Crippen LogP contribution in [-0.4, -0.2) is 59.4 Å². The second kappa shape index (κ2) is 9.06. The highest BCUT2D eigenvalue weighted by atomic mass is 32.2. The number of amides is 1. The van der Waals surface area contributed by atoms with Gasteiger partial charge in [0.25, 0.3) is 10.1 Å². The molecule has 108 valence electrons. The summed E-state index contributed by atoms with van der Waals surface area (Å²) in [6, 6.07) is 0. The van der Waals surface area contributed by atoms with E-state index in [1.165, 1.54) is 11.8 Å². The maximum absolute atomic E-state index is 11.7. The van der Waals surface area contributed by atoms with Gasteiger partial charge in [-0.05, 0) is 13.8 Å². The molecule has 0 aromatic rings. The van der Waals surface area contributed by atoms with Crippen molar-refractivity contribution in [2.45, 2.75) is 25.5 Å². The van der Waals surface area contributed by atoms with Gasteiger partial charge in [-0.15, -0.1) is 0 Å². The molecule has 0 radical (unpaired) electrons. The average molecular weight is 315 g/mol. The number of carbonyl (C=O) groups is 1. The van der Waals surface area contributed by atoms with E-state index >= 15 is 0 Å². The maximum Gasteiger partial charge on any atom is 0.265 e. The van der Waals surface area contributed by atoms with Gasteiger partial charge >= 0.3 is 0 Å². The topological polar surface area (TPSA) is 74.7 Å². The standard InChI is InChI=1S/C10H21NO4S3/c1-3-11(4-2)10(12)7-9(16)8-17-5-6-18(13,14)15/h9,16H,3-8H2,1-2H3,(H,13,14,15). The van der Waals surface area contributed by atoms with Crippen molar-refractivity contribution < 1.29 is 17.8 Å². The van der Waals surface area contributed by atoms with Crippen molar-refractivity contribution in [2.24, 2.45) is 0 Å². The molecule has 5 nitrogen and oxygen atoms in total. The zero-order chi connectivity index (χ0) is 14.2. The Labute approximate surface area is 119 Å². The highest BCUT2D eigenvalue weighted by molar-refractivity contribution is 8.00. The first kappa shape index (κ1) is 18.1. The third-order valence-corrected chi connectivity index (χ3v) is 5.04. The van der Waals surface area contributed by atoms with Crippen LogP contribution in [0.3, 0.4) is 0 Å². The van der Waals surface area contributed by atoms with Gasteiger partial charge in [-0.1, -0.05) is 0 Å². The molecule has 0 saturated heterocycles. The van der Waals surface area contributed by atoms with Crippen molar-refractivity contribution in [2.75, 3.05) is 30.3 Å². The van der Waals surface area contributed by atoms with Gasteiger partial charge in [-0.2, -0.15) is 32.8 Å². The molecule has 18 heavy (non-hydrogen) atoms. The molecule has 0 aliphatic heterocycles. The van der Waals surface area contributed by atoms with E-state index in [4.69, 9.17) is 4.55 Å². The van der Waals surface area contributed by atoms with Crippen LogP contribution in [0.25, 0.3) is 0 Å². The second-order valence-corrected chi connectivity index (χ2v) is 7.24. The normalized spacial score (nSPS) is 13.3. The summed E-state index contributed by atoms with van der Waals surface area (Å²) in [6.45, 7) is 5.23. The van der Waals surface area contributed by atoms with E-state index in [1.54, 1.807) is 4.90 Å². The van der Waals surface area contributed by atoms with Crippen LogP contribution in [0.2, 0.25) is 0 Å². The SMILES string of the molecule is CCN(CC)C(=O)CC(S)CSCCS(=O)(=O)O. The Morgan fingerprint density at radius 2 is 1.94 bits per heavy atom. The first-order valence-corrected chi connectivity index (χ1v) is 9.06. The molecule has 0 heterocycles. The van der Waals surface area contributed by atoms with Crippen LogP contribution in [0.1, 0.15) is 20.3 Å². The minimum absolute atomic E-state index is 0.0652. The van der Waals surface area contributed by atoms with E-state index in [-0.39, 0.29) is 16.9 Å². The van der Waals surface area contributed by atoms with Crippen molar-refractivity contribution in [3.8, 4) is 0 Å². The van der Waals surface area contributed by atoms with Gasteiger partial charge in [-0.25, -0.2) is 0 Å². The molecule has 1 amide bonds. The van der Waals surface area contributed by atoms with Gasteiger partial charge in [0.1, 0.15) is 0 Å². The number of hydrogen-bond donors (Lipinski definition) is 2. The average Bonchev–Trinajstić information content (AvgIpc) is 2.25. The second-order valence-electron chi connectivity index (χ2n) is 3.78. The van der Waals surface area contributed by atoms with Crippen LogP contribution >= 0.6 is 24.4 Å². The summed E-state index contributed by atoms with van der Waals surface area (Å²) in [5.74, 6) is 0.707. The summed E-state index contributed by atoms with van der Waals surface area (Å²) in [5.41, 5.74) is 0. The monoisotopic (exact) mass is 315 g/mol. The Bertz CT molecular complexity index is 341. The van der Waals surface area contributed by atoms with Gasteiger partial charge in [0.2, 0.25) is 5.91 Å². The Balaban J connectivity index is 3.84. The van der Waals surface area contributed by atoms with Crippen molar-refractivity contribution >= 4 is 40.4 Å². The third-order valence-electron chi connectivity index (χ3n) is 2.32. The predicted octanol–water partition coefficient (Wildman–Crippen LogP) is 1.16. The molecular weight excluding hydrogens is 294 g/mol. The highest BCUT2D eigenvalue weighted by Crippen LogP contribution is 2.13. The Kier molecular flexibility index (Phi) is 9.10. The minimum Gasteiger partial charge on any atom is -0.343 e. The highest BCUT2D eigenvalue weighted by Gasteiger charge is 2.15. The van der Waals surface area contributed by atoms with Crippen LogP contribution in [0.4, 0.5) is 0 Å². The molecule has 1 unspecified atom stereocenters. The summed E-state index contributed by atoms with van der Waals surface area (Å²) in [5, 5.41) is -0.0931. The first-order valence-electron chi connectivity index (χ1n) is 5.78. The smallest absolute Gasteiger partial charge is 0.265 e. The van der Waals surface area contributed by atoms with Crippen LogP contribution in [0.5, 0.6) is 0 Å². The van der Waals surface area contributed by atoms with Crippen LogP contribution in [-0.2, 0) is 14.9 Å². The van der Waals surface area contributed by atoms with E-state index in [0.717, 1.165) is 0 Å². The molecular formula is C10H21NO4S3. The zero-order valence-corrected chi connectivity index (χ0v) is 13.2. The summed E-state index contributed by atoms with van der Waals surface area (Å²) < 4.78 is 29.5. The van der Waals surface area contributed by atoms with Gasteiger partial charge in [0.15, 0.2) is 0 Å². The molecule has 0 fully saturated rings. The summed E-state index contributed by atoms with van der Waals surface area (Å²) in [4.78, 5) is 13.5. The van der Waals surface area contributed by atoms with Crippen LogP contribution < -0.4 is 0 Å². The molecule has 0 aromatic heterocycles. The largest absolute Gasteiger partial charge is 0.343 e. The van der Waals surface area contributed by atoms with Gasteiger partial charge in [0.05, 0.1) is 5.75 Å². The summed E-state index contributed by atoms with van der Waals surface area (Å²) >= 11 is 5.68. The number of nitrogens with zero attached hydrogens (tertiary/aromatic N) is 1. The molecule has 1 N–H and O–H groups in total. The van der Waals surface area contributed by atoms with Crippen molar-refractivity contribution in [3.63, 3.8) is 0 Å². The number of thiol groups is 1. The molecule has 0 rings (SSSR count). The van der Waals surface area contributed by atoms with Crippen LogP contribution in [0.15, 0.2) is 0 Å². The van der Waals surface area contributed by atoms with Crippen molar-refractivity contribution in [1.82, 2.24) is 4.90 Å². The zero-order valence-electron chi connectivity index (χ0n) is 10.7. The Morgan fingerprint density at radius 1 is 1.39 bits per heavy atom. The lowest BCUT2D eigenvalue weighted by Crippen LogP contribution is -2.32. The lowest BCUT2D eigenvalue weighted by Gasteiger charge is -2.20. The number of hydrogen-bond acceptors (Lipinski definition) is 5. The van der Waals surface area contributed by atoms with Crippen LogP contribution in [0, 0.1) is 0 Å². The van der Waals surface area contributed by atoms with E-state index in [2.05, 4.69) is 12.6 Å². The predicted molar refractivity (Wildman–Crippen MR) is 79.1 cm³/mol. The van der Waals surface area contributed by atoms with Gasteiger partial charge in [-0.3, -0.25) is 9.35 Å². The van der Waals surface area contributed by atoms with E-state index in [9.17, 15) is 13.2 Å². The molecule has 0 aliphatic rings. The number of carbonyl (C=O) groups excluding carboxylic acids is 1. The molecule has 1 atom stereocenters.